The zero-order chi connectivity index (χ0) is 24.0. The summed E-state index contributed by atoms with van der Waals surface area (Å²) in [4.78, 5) is 36.2. The van der Waals surface area contributed by atoms with E-state index in [0.717, 1.165) is 6.07 Å². The number of esters is 1. The average Bonchev–Trinajstić information content (AvgIpc) is 2.80. The van der Waals surface area contributed by atoms with E-state index >= 15 is 0 Å². The fourth-order valence-electron chi connectivity index (χ4n) is 2.56. The fourth-order valence-corrected chi connectivity index (χ4v) is 3.19. The molecule has 2 N–H and O–H groups in total. The summed E-state index contributed by atoms with van der Waals surface area (Å²) in [6, 6.07) is 16.9. The van der Waals surface area contributed by atoms with Gasteiger partial charge in [-0.25, -0.2) is 14.6 Å². The van der Waals surface area contributed by atoms with Gasteiger partial charge in [-0.3, -0.25) is 9.59 Å². The Hall–Kier alpha value is -3.56. The van der Waals surface area contributed by atoms with E-state index in [0.29, 0.717) is 27.1 Å². The van der Waals surface area contributed by atoms with Crippen molar-refractivity contribution >= 4 is 56.7 Å². The lowest BCUT2D eigenvalue weighted by Gasteiger charge is -2.07. The molecule has 0 aliphatic rings. The van der Waals surface area contributed by atoms with Crippen LogP contribution in [0.3, 0.4) is 0 Å². The van der Waals surface area contributed by atoms with Crippen molar-refractivity contribution in [2.45, 2.75) is 6.92 Å². The molecule has 0 atom stereocenters. The molecule has 7 nitrogen and oxygen atoms in total. The van der Waals surface area contributed by atoms with Crippen LogP contribution in [-0.4, -0.2) is 23.5 Å². The molecule has 0 bridgehead atoms. The van der Waals surface area contributed by atoms with Crippen LogP contribution in [0, 0.1) is 5.82 Å². The van der Waals surface area contributed by atoms with Crippen molar-refractivity contribution in [2.75, 3.05) is 5.32 Å². The number of hydrogen-bond acceptors (Lipinski definition) is 5. The Morgan fingerprint density at radius 2 is 1.70 bits per heavy atom. The topological polar surface area (TPSA) is 96.9 Å². The summed E-state index contributed by atoms with van der Waals surface area (Å²) in [6.07, 6.45) is 0. The summed E-state index contributed by atoms with van der Waals surface area (Å²) in [5, 5.41) is 6.00. The van der Waals surface area contributed by atoms with E-state index in [9.17, 15) is 18.8 Å². The number of ether oxygens (including phenoxy) is 1. The largest absolute Gasteiger partial charge is 0.423 e. The first-order valence-electron chi connectivity index (χ1n) is 9.42. The third-order valence-electron chi connectivity index (χ3n) is 4.29. The monoisotopic (exact) mass is 531 g/mol. The van der Waals surface area contributed by atoms with Crippen LogP contribution in [-0.2, 0) is 9.59 Å². The fraction of sp³-hybridized carbons (Fsp3) is 0.0435. The van der Waals surface area contributed by atoms with Gasteiger partial charge in [0.25, 0.3) is 0 Å². The molecule has 3 aromatic carbocycles. The molecule has 3 aromatic rings. The summed E-state index contributed by atoms with van der Waals surface area (Å²) >= 11 is 8.95. The molecule has 0 aromatic heterocycles. The van der Waals surface area contributed by atoms with Crippen molar-refractivity contribution in [3.05, 3.63) is 93.2 Å². The summed E-state index contributed by atoms with van der Waals surface area (Å²) in [7, 11) is 0. The summed E-state index contributed by atoms with van der Waals surface area (Å²) in [6.45, 7) is 1.63. The molecule has 0 aliphatic carbocycles. The summed E-state index contributed by atoms with van der Waals surface area (Å²) < 4.78 is 19.2. The number of hydrogen-bond donors (Lipinski definition) is 2. The van der Waals surface area contributed by atoms with Gasteiger partial charge in [0.05, 0.1) is 16.3 Å². The van der Waals surface area contributed by atoms with Crippen molar-refractivity contribution < 1.29 is 23.5 Å². The average molecular weight is 533 g/mol. The van der Waals surface area contributed by atoms with Gasteiger partial charge in [0.2, 0.25) is 0 Å². The maximum atomic E-state index is 13.2. The number of rotatable bonds is 5. The number of nitrogens with one attached hydrogen (secondary N) is 2. The van der Waals surface area contributed by atoms with E-state index in [1.807, 2.05) is 0 Å². The molecule has 0 spiro atoms. The quantitative estimate of drug-likeness (QED) is 0.160. The number of halogens is 3. The lowest BCUT2D eigenvalue weighted by atomic mass is 10.1. The highest BCUT2D eigenvalue weighted by molar-refractivity contribution is 9.10. The highest BCUT2D eigenvalue weighted by Gasteiger charge is 2.15. The molecule has 2 amide bonds. The van der Waals surface area contributed by atoms with E-state index in [1.54, 1.807) is 55.5 Å². The van der Waals surface area contributed by atoms with Gasteiger partial charge in [0.1, 0.15) is 11.6 Å². The molecule has 3 rings (SSSR count). The lowest BCUT2D eigenvalue weighted by Crippen LogP contribution is -2.32. The Bertz CT molecular complexity index is 1250. The predicted molar refractivity (Wildman–Crippen MR) is 126 cm³/mol. The van der Waals surface area contributed by atoms with E-state index < -0.39 is 23.6 Å². The van der Waals surface area contributed by atoms with Crippen molar-refractivity contribution in [1.82, 2.24) is 5.43 Å². The van der Waals surface area contributed by atoms with E-state index in [1.165, 1.54) is 12.1 Å². The first-order valence-corrected chi connectivity index (χ1v) is 10.6. The molecule has 10 heteroatoms. The van der Waals surface area contributed by atoms with E-state index in [4.69, 9.17) is 16.3 Å². The van der Waals surface area contributed by atoms with E-state index in [-0.39, 0.29) is 10.7 Å². The van der Waals surface area contributed by atoms with Gasteiger partial charge in [-0.1, -0.05) is 23.7 Å². The van der Waals surface area contributed by atoms with E-state index in [2.05, 4.69) is 31.8 Å². The minimum absolute atomic E-state index is 0.162. The van der Waals surface area contributed by atoms with Crippen LogP contribution in [0.15, 0.2) is 76.3 Å². The Balaban J connectivity index is 1.58. The van der Waals surface area contributed by atoms with Crippen molar-refractivity contribution in [3.8, 4) is 5.75 Å². The van der Waals surface area contributed by atoms with Gasteiger partial charge in [-0.2, -0.15) is 5.10 Å². The minimum atomic E-state index is -1.02. The zero-order valence-corrected chi connectivity index (χ0v) is 19.4. The number of carbonyl (C=O) groups excluding carboxylic acids is 3. The maximum absolute atomic E-state index is 13.2. The standard InChI is InChI=1S/C23H16BrClFN3O4/c1-13(28-29-22(31)21(30)27-15-8-11-20(26)19(25)12-15)14-6-9-16(10-7-14)33-23(32)17-4-2-3-5-18(17)24/h2-12H,1H3,(H,27,30)(H,29,31)/b28-13+. The first kappa shape index (κ1) is 24.1. The number of amides is 2. The number of benzene rings is 3. The number of nitrogens with zero attached hydrogens (tertiary/aromatic N) is 1. The van der Waals surface area contributed by atoms with Crippen LogP contribution in [0.5, 0.6) is 5.75 Å². The molecule has 0 radical (unpaired) electrons. The maximum Gasteiger partial charge on any atom is 0.344 e. The van der Waals surface area contributed by atoms with Crippen molar-refractivity contribution in [1.29, 1.82) is 0 Å². The minimum Gasteiger partial charge on any atom is -0.423 e. The van der Waals surface area contributed by atoms with Crippen LogP contribution >= 0.6 is 27.5 Å². The second-order valence-corrected chi connectivity index (χ2v) is 7.88. The van der Waals surface area contributed by atoms with Gasteiger partial charge in [0, 0.05) is 10.2 Å². The molecule has 0 heterocycles. The van der Waals surface area contributed by atoms with Gasteiger partial charge < -0.3 is 10.1 Å². The van der Waals surface area contributed by atoms with Crippen molar-refractivity contribution in [3.63, 3.8) is 0 Å². The van der Waals surface area contributed by atoms with Gasteiger partial charge in [-0.15, -0.1) is 0 Å². The molecule has 0 saturated heterocycles. The zero-order valence-electron chi connectivity index (χ0n) is 17.1. The molecular weight excluding hydrogens is 517 g/mol. The Morgan fingerprint density at radius 1 is 1.00 bits per heavy atom. The molecule has 0 fully saturated rings. The van der Waals surface area contributed by atoms with Crippen LogP contribution in [0.1, 0.15) is 22.8 Å². The first-order chi connectivity index (χ1) is 15.7. The van der Waals surface area contributed by atoms with Gasteiger partial charge >= 0.3 is 17.8 Å². The SMILES string of the molecule is C/C(=N\NC(=O)C(=O)Nc1ccc(F)c(Cl)c1)c1ccc(OC(=O)c2ccccc2Br)cc1. The Kier molecular flexibility index (Phi) is 7.92. The van der Waals surface area contributed by atoms with Crippen LogP contribution in [0.4, 0.5) is 10.1 Å². The molecule has 0 aliphatic heterocycles. The highest BCUT2D eigenvalue weighted by Crippen LogP contribution is 2.20. The second kappa shape index (κ2) is 10.8. The van der Waals surface area contributed by atoms with Gasteiger partial charge in [-0.05, 0) is 83.0 Å². The smallest absolute Gasteiger partial charge is 0.344 e. The number of anilines is 1. The van der Waals surface area contributed by atoms with Gasteiger partial charge in [0.15, 0.2) is 0 Å². The molecule has 0 unspecified atom stereocenters. The summed E-state index contributed by atoms with van der Waals surface area (Å²) in [5.41, 5.74) is 3.73. The van der Waals surface area contributed by atoms with Crippen LogP contribution in [0.25, 0.3) is 0 Å². The predicted octanol–water partition coefficient (Wildman–Crippen LogP) is 4.94. The Labute approximate surface area is 201 Å². The van der Waals surface area contributed by atoms with Crippen LogP contribution in [0.2, 0.25) is 5.02 Å². The molecule has 0 saturated carbocycles. The molecule has 168 valence electrons. The number of hydrazone groups is 1. The third-order valence-corrected chi connectivity index (χ3v) is 5.27. The normalized spacial score (nSPS) is 11.0. The highest BCUT2D eigenvalue weighted by atomic mass is 79.9. The third kappa shape index (κ3) is 6.47. The summed E-state index contributed by atoms with van der Waals surface area (Å²) in [5.74, 6) is -2.85. The van der Waals surface area contributed by atoms with Crippen molar-refractivity contribution in [2.24, 2.45) is 5.10 Å². The molecular formula is C23H16BrClFN3O4. The Morgan fingerprint density at radius 3 is 2.36 bits per heavy atom. The number of carbonyl (C=O) groups is 3. The van der Waals surface area contributed by atoms with Crippen LogP contribution < -0.4 is 15.5 Å². The second-order valence-electron chi connectivity index (χ2n) is 6.61. The lowest BCUT2D eigenvalue weighted by molar-refractivity contribution is -0.136. The molecule has 33 heavy (non-hydrogen) atoms.